The van der Waals surface area contributed by atoms with E-state index in [4.69, 9.17) is 18.9 Å². The Hall–Kier alpha value is -1.89. The van der Waals surface area contributed by atoms with Gasteiger partial charge in [-0.05, 0) is 75.2 Å². The normalized spacial score (nSPS) is 37.5. The molecule has 0 aromatic carbocycles. The molecule has 2 aliphatic heterocycles. The summed E-state index contributed by atoms with van der Waals surface area (Å²) in [5.41, 5.74) is -0.261. The van der Waals surface area contributed by atoms with Gasteiger partial charge in [0, 0.05) is 18.3 Å². The molecule has 7 atom stereocenters. The number of cyclic esters (lactones) is 1. The molecule has 0 radical (unpaired) electrons. The van der Waals surface area contributed by atoms with E-state index < -0.39 is 5.41 Å². The molecule has 0 bridgehead atoms. The van der Waals surface area contributed by atoms with Crippen LogP contribution in [0.2, 0.25) is 0 Å². The second kappa shape index (κ2) is 12.3. The molecule has 4 aliphatic rings. The van der Waals surface area contributed by atoms with Crippen molar-refractivity contribution in [2.75, 3.05) is 13.2 Å². The van der Waals surface area contributed by atoms with E-state index >= 15 is 0 Å². The Kier molecular flexibility index (Phi) is 9.50. The summed E-state index contributed by atoms with van der Waals surface area (Å²) in [6.45, 7) is 11.6. The molecule has 0 N–H and O–H groups in total. The number of hydrogen-bond donors (Lipinski definition) is 0. The third-order valence-electron chi connectivity index (χ3n) is 10.5. The number of rotatable bonds is 12. The van der Waals surface area contributed by atoms with Gasteiger partial charge in [-0.2, -0.15) is 0 Å². The van der Waals surface area contributed by atoms with Gasteiger partial charge in [0.25, 0.3) is 0 Å². The van der Waals surface area contributed by atoms with Crippen LogP contribution in [0.1, 0.15) is 118 Å². The molecule has 39 heavy (non-hydrogen) atoms. The van der Waals surface area contributed by atoms with Gasteiger partial charge in [0.2, 0.25) is 0 Å². The summed E-state index contributed by atoms with van der Waals surface area (Å²) in [5.74, 6) is -0.136. The summed E-state index contributed by atoms with van der Waals surface area (Å²) >= 11 is 0. The van der Waals surface area contributed by atoms with Crippen molar-refractivity contribution in [3.05, 3.63) is 11.6 Å². The predicted molar refractivity (Wildman–Crippen MR) is 148 cm³/mol. The molecule has 0 amide bonds. The molecule has 0 aromatic heterocycles. The van der Waals surface area contributed by atoms with E-state index in [1.165, 1.54) is 0 Å². The zero-order valence-corrected chi connectivity index (χ0v) is 24.9. The van der Waals surface area contributed by atoms with Crippen LogP contribution in [-0.4, -0.2) is 48.9 Å². The highest BCUT2D eigenvalue weighted by Gasteiger charge is 2.66. The quantitative estimate of drug-likeness (QED) is 0.158. The molecule has 0 aromatic rings. The van der Waals surface area contributed by atoms with Gasteiger partial charge in [0.05, 0.1) is 17.3 Å². The van der Waals surface area contributed by atoms with Gasteiger partial charge in [-0.15, -0.1) is 0 Å². The third kappa shape index (κ3) is 6.08. The highest BCUT2D eigenvalue weighted by Crippen LogP contribution is 2.66. The topological polar surface area (TPSA) is 88.1 Å². The van der Waals surface area contributed by atoms with E-state index in [-0.39, 0.29) is 59.6 Å². The fraction of sp³-hybridized carbons (Fsp3) is 0.844. The first-order valence-corrected chi connectivity index (χ1v) is 15.5. The van der Waals surface area contributed by atoms with E-state index in [9.17, 15) is 14.4 Å². The van der Waals surface area contributed by atoms with Crippen molar-refractivity contribution in [3.8, 4) is 0 Å². The number of unbranched alkanes of at least 4 members (excludes halogenated alkanes) is 4. The van der Waals surface area contributed by atoms with E-state index in [0.717, 1.165) is 70.6 Å². The smallest absolute Gasteiger partial charge is 0.336 e. The van der Waals surface area contributed by atoms with Gasteiger partial charge in [0.1, 0.15) is 19.3 Å². The number of ether oxygens (including phenoxy) is 4. The van der Waals surface area contributed by atoms with E-state index in [0.29, 0.717) is 25.0 Å². The third-order valence-corrected chi connectivity index (χ3v) is 10.5. The summed E-state index contributed by atoms with van der Waals surface area (Å²) in [4.78, 5) is 37.9. The number of carbonyl (C=O) groups is 3. The second-order valence-corrected chi connectivity index (χ2v) is 13.2. The van der Waals surface area contributed by atoms with E-state index in [1.807, 2.05) is 6.08 Å². The van der Waals surface area contributed by atoms with Crippen LogP contribution in [0.5, 0.6) is 0 Å². The zero-order chi connectivity index (χ0) is 28.3. The van der Waals surface area contributed by atoms with E-state index in [1.54, 1.807) is 0 Å². The molecule has 7 nitrogen and oxygen atoms in total. The van der Waals surface area contributed by atoms with Gasteiger partial charge in [-0.25, -0.2) is 4.79 Å². The molecular weight excluding hydrogens is 496 g/mol. The summed E-state index contributed by atoms with van der Waals surface area (Å²) in [5, 5.41) is 0. The number of esters is 3. The van der Waals surface area contributed by atoms with Crippen molar-refractivity contribution in [2.24, 2.45) is 22.7 Å². The Morgan fingerprint density at radius 3 is 2.28 bits per heavy atom. The van der Waals surface area contributed by atoms with Crippen LogP contribution in [-0.2, 0) is 33.3 Å². The highest BCUT2D eigenvalue weighted by molar-refractivity contribution is 5.91. The first-order valence-electron chi connectivity index (χ1n) is 15.5. The minimum atomic E-state index is -0.487. The molecule has 7 heteroatoms. The van der Waals surface area contributed by atoms with Crippen molar-refractivity contribution < 1.29 is 33.3 Å². The second-order valence-electron chi connectivity index (χ2n) is 13.2. The Balaban J connectivity index is 1.55. The molecule has 2 aliphatic carbocycles. The maximum absolute atomic E-state index is 12.9. The largest absolute Gasteiger partial charge is 0.465 e. The summed E-state index contributed by atoms with van der Waals surface area (Å²) in [6.07, 6.45) is 12.2. The molecular formula is C32H50O7. The molecule has 1 saturated heterocycles. The van der Waals surface area contributed by atoms with Crippen molar-refractivity contribution in [1.29, 1.82) is 0 Å². The highest BCUT2D eigenvalue weighted by atomic mass is 16.6. The predicted octanol–water partition coefficient (Wildman–Crippen LogP) is 6.47. The first kappa shape index (κ1) is 30.1. The van der Waals surface area contributed by atoms with Crippen molar-refractivity contribution >= 4 is 17.9 Å². The Morgan fingerprint density at radius 2 is 1.64 bits per heavy atom. The average molecular weight is 547 g/mol. The van der Waals surface area contributed by atoms with Crippen molar-refractivity contribution in [3.63, 3.8) is 0 Å². The van der Waals surface area contributed by atoms with Crippen molar-refractivity contribution in [1.82, 2.24) is 0 Å². The molecule has 3 fully saturated rings. The first-order chi connectivity index (χ1) is 18.6. The van der Waals surface area contributed by atoms with Gasteiger partial charge < -0.3 is 18.9 Å². The molecule has 4 rings (SSSR count). The molecule has 2 heterocycles. The van der Waals surface area contributed by atoms with Crippen LogP contribution < -0.4 is 0 Å². The van der Waals surface area contributed by atoms with Gasteiger partial charge in [0.15, 0.2) is 0 Å². The fourth-order valence-corrected chi connectivity index (χ4v) is 8.33. The van der Waals surface area contributed by atoms with Gasteiger partial charge in [-0.3, -0.25) is 9.59 Å². The van der Waals surface area contributed by atoms with Gasteiger partial charge >= 0.3 is 17.9 Å². The van der Waals surface area contributed by atoms with Crippen LogP contribution in [0.3, 0.4) is 0 Å². The maximum atomic E-state index is 12.9. The van der Waals surface area contributed by atoms with Crippen LogP contribution in [0.15, 0.2) is 11.6 Å². The summed E-state index contributed by atoms with van der Waals surface area (Å²) in [7, 11) is 0. The number of hydrogen-bond acceptors (Lipinski definition) is 7. The standard InChI is InChI=1S/C32H50O7/c1-6-8-10-12-27(33)37-21-31(4)24-14-18-32(5)25(20-23(39-32)22-16-19-36-29(22)35)30(24,3)17-15-26(31)38-28(34)13-11-9-7-2/h16,23-26H,6-15,17-21H2,1-5H3/t23?,24-,25?,26+,30+,31-,32+/m0/s1. The maximum Gasteiger partial charge on any atom is 0.336 e. The zero-order valence-electron chi connectivity index (χ0n) is 24.9. The molecule has 2 unspecified atom stereocenters. The fourth-order valence-electron chi connectivity index (χ4n) is 8.33. The molecule has 2 saturated carbocycles. The summed E-state index contributed by atoms with van der Waals surface area (Å²) in [6, 6.07) is 0. The number of fused-ring (bicyclic) bond motifs is 3. The van der Waals surface area contributed by atoms with Crippen LogP contribution in [0.4, 0.5) is 0 Å². The summed E-state index contributed by atoms with van der Waals surface area (Å²) < 4.78 is 24.0. The number of carbonyl (C=O) groups excluding carboxylic acids is 3. The lowest BCUT2D eigenvalue weighted by atomic mass is 9.44. The van der Waals surface area contributed by atoms with Crippen LogP contribution >= 0.6 is 0 Å². The Bertz CT molecular complexity index is 943. The lowest BCUT2D eigenvalue weighted by molar-refractivity contribution is -0.214. The molecule has 0 spiro atoms. The minimum absolute atomic E-state index is 0.0979. The Morgan fingerprint density at radius 1 is 0.949 bits per heavy atom. The van der Waals surface area contributed by atoms with Crippen LogP contribution in [0, 0.1) is 22.7 Å². The lowest BCUT2D eigenvalue weighted by Crippen LogP contribution is -2.62. The Labute approximate surface area is 234 Å². The average Bonchev–Trinajstić information content (AvgIpc) is 3.48. The van der Waals surface area contributed by atoms with Crippen molar-refractivity contribution in [2.45, 2.75) is 136 Å². The van der Waals surface area contributed by atoms with E-state index in [2.05, 4.69) is 34.6 Å². The monoisotopic (exact) mass is 546 g/mol. The SMILES string of the molecule is CCCCCC(=O)OC[C@@]1(C)[C@H]2CC[C@@]3(C)OC(C4=CCOC4=O)CC3[C@]2(C)CC[C@H]1OC(=O)CCCCC. The van der Waals surface area contributed by atoms with Crippen LogP contribution in [0.25, 0.3) is 0 Å². The minimum Gasteiger partial charge on any atom is -0.465 e. The molecule has 220 valence electrons. The lowest BCUT2D eigenvalue weighted by Gasteiger charge is -2.62. The van der Waals surface area contributed by atoms with Gasteiger partial charge in [-0.1, -0.05) is 53.4 Å².